The molecule has 0 radical (unpaired) electrons. The summed E-state index contributed by atoms with van der Waals surface area (Å²) in [4.78, 5) is 8.25. The smallest absolute Gasteiger partial charge is 0.372 e. The fraction of sp³-hybridized carbons (Fsp3) is 0.636. The Morgan fingerprint density at radius 1 is 1.26 bits per heavy atom. The fourth-order valence-electron chi connectivity index (χ4n) is 1.38. The lowest BCUT2D eigenvalue weighted by Crippen LogP contribution is -2.18. The van der Waals surface area contributed by atoms with E-state index >= 15 is 0 Å². The number of hydrogen-bond donors (Lipinski definition) is 0. The van der Waals surface area contributed by atoms with Crippen molar-refractivity contribution in [2.45, 2.75) is 32.4 Å². The van der Waals surface area contributed by atoms with E-state index in [0.29, 0.717) is 10.3 Å². The van der Waals surface area contributed by atoms with E-state index < -0.39 is 12.8 Å². The molecule has 3 nitrogen and oxygen atoms in total. The van der Waals surface area contributed by atoms with Crippen LogP contribution in [0.3, 0.4) is 0 Å². The van der Waals surface area contributed by atoms with E-state index in [-0.39, 0.29) is 18.2 Å². The molecule has 108 valence electrons. The van der Waals surface area contributed by atoms with Crippen LogP contribution in [0.1, 0.15) is 24.9 Å². The average Bonchev–Trinajstić information content (AvgIpc) is 2.30. The summed E-state index contributed by atoms with van der Waals surface area (Å²) in [6.07, 6.45) is -2.51. The van der Waals surface area contributed by atoms with Crippen LogP contribution in [0.15, 0.2) is 4.47 Å². The Morgan fingerprint density at radius 3 is 2.53 bits per heavy atom. The van der Waals surface area contributed by atoms with Crippen LogP contribution >= 0.6 is 27.5 Å². The lowest BCUT2D eigenvalue weighted by atomic mass is 10.2. The zero-order valence-corrected chi connectivity index (χ0v) is 12.6. The molecule has 0 unspecified atom stereocenters. The normalized spacial score (nSPS) is 11.9. The Balaban J connectivity index is 2.59. The molecule has 0 fully saturated rings. The standard InChI is InChI=1S/C11H13BrClF3N2O/c1-2-3-7-9(12)10(13)18-8(17-7)4-5-19-6-11(14,15)16/h2-6H2,1H3. The van der Waals surface area contributed by atoms with Crippen molar-refractivity contribution in [1.29, 1.82) is 0 Å². The quantitative estimate of drug-likeness (QED) is 0.568. The molecule has 0 spiro atoms. The summed E-state index contributed by atoms with van der Waals surface area (Å²) in [5.74, 6) is 0.388. The highest BCUT2D eigenvalue weighted by Crippen LogP contribution is 2.24. The van der Waals surface area contributed by atoms with Gasteiger partial charge in [-0.3, -0.25) is 0 Å². The molecule has 0 aromatic carbocycles. The lowest BCUT2D eigenvalue weighted by Gasteiger charge is -2.09. The Bertz CT molecular complexity index is 429. The minimum Gasteiger partial charge on any atom is -0.372 e. The van der Waals surface area contributed by atoms with E-state index in [2.05, 4.69) is 30.6 Å². The second kappa shape index (κ2) is 7.40. The van der Waals surface area contributed by atoms with Gasteiger partial charge in [0.2, 0.25) is 0 Å². The van der Waals surface area contributed by atoms with Gasteiger partial charge in [0, 0.05) is 6.42 Å². The Kier molecular flexibility index (Phi) is 6.49. The third kappa shape index (κ3) is 6.05. The van der Waals surface area contributed by atoms with E-state index in [1.807, 2.05) is 6.92 Å². The third-order valence-corrected chi connectivity index (χ3v) is 3.48. The Hall–Kier alpha value is -0.400. The van der Waals surface area contributed by atoms with Crippen molar-refractivity contribution in [3.8, 4) is 0 Å². The van der Waals surface area contributed by atoms with Crippen molar-refractivity contribution in [1.82, 2.24) is 9.97 Å². The van der Waals surface area contributed by atoms with Gasteiger partial charge in [-0.25, -0.2) is 9.97 Å². The van der Waals surface area contributed by atoms with Gasteiger partial charge in [-0.2, -0.15) is 13.2 Å². The first-order valence-corrected chi connectivity index (χ1v) is 6.86. The van der Waals surface area contributed by atoms with Crippen molar-refractivity contribution in [2.24, 2.45) is 0 Å². The predicted molar refractivity (Wildman–Crippen MR) is 69.3 cm³/mol. The summed E-state index contributed by atoms with van der Waals surface area (Å²) < 4.78 is 40.8. The summed E-state index contributed by atoms with van der Waals surface area (Å²) in [7, 11) is 0. The molecule has 0 N–H and O–H groups in total. The number of hydrogen-bond acceptors (Lipinski definition) is 3. The van der Waals surface area contributed by atoms with Crippen LogP contribution in [0.4, 0.5) is 13.2 Å². The number of rotatable bonds is 6. The van der Waals surface area contributed by atoms with Crippen LogP contribution in [0, 0.1) is 0 Å². The summed E-state index contributed by atoms with van der Waals surface area (Å²) in [6.45, 7) is 0.636. The van der Waals surface area contributed by atoms with Gasteiger partial charge in [0.15, 0.2) is 0 Å². The second-order valence-electron chi connectivity index (χ2n) is 3.86. The number of ether oxygens (including phenoxy) is 1. The molecule has 8 heteroatoms. The Labute approximate surface area is 122 Å². The van der Waals surface area contributed by atoms with E-state index in [0.717, 1.165) is 18.5 Å². The molecule has 0 atom stereocenters. The Morgan fingerprint density at radius 2 is 1.95 bits per heavy atom. The minimum absolute atomic E-state index is 0.0942. The largest absolute Gasteiger partial charge is 0.411 e. The van der Waals surface area contributed by atoms with Crippen molar-refractivity contribution >= 4 is 27.5 Å². The fourth-order valence-corrected chi connectivity index (χ4v) is 1.96. The van der Waals surface area contributed by atoms with Gasteiger partial charge in [-0.05, 0) is 22.4 Å². The van der Waals surface area contributed by atoms with Crippen molar-refractivity contribution in [2.75, 3.05) is 13.2 Å². The van der Waals surface area contributed by atoms with Gasteiger partial charge < -0.3 is 4.74 Å². The van der Waals surface area contributed by atoms with Crippen LogP contribution in [0.25, 0.3) is 0 Å². The van der Waals surface area contributed by atoms with Gasteiger partial charge in [0.25, 0.3) is 0 Å². The molecule has 1 aromatic heterocycles. The third-order valence-electron chi connectivity index (χ3n) is 2.15. The molecule has 1 rings (SSSR count). The molecule has 19 heavy (non-hydrogen) atoms. The number of aromatic nitrogens is 2. The predicted octanol–water partition coefficient (Wildman–Crippen LogP) is 3.97. The van der Waals surface area contributed by atoms with E-state index in [9.17, 15) is 13.2 Å². The van der Waals surface area contributed by atoms with Gasteiger partial charge >= 0.3 is 6.18 Å². The van der Waals surface area contributed by atoms with Gasteiger partial charge in [-0.1, -0.05) is 24.9 Å². The van der Waals surface area contributed by atoms with Gasteiger partial charge in [0.1, 0.15) is 17.6 Å². The van der Waals surface area contributed by atoms with E-state index in [1.54, 1.807) is 0 Å². The highest BCUT2D eigenvalue weighted by Gasteiger charge is 2.27. The van der Waals surface area contributed by atoms with E-state index in [1.165, 1.54) is 0 Å². The highest BCUT2D eigenvalue weighted by atomic mass is 79.9. The number of aryl methyl sites for hydroxylation is 1. The number of alkyl halides is 3. The van der Waals surface area contributed by atoms with Crippen molar-refractivity contribution < 1.29 is 17.9 Å². The summed E-state index contributed by atoms with van der Waals surface area (Å²) in [6, 6.07) is 0. The average molecular weight is 362 g/mol. The molecular weight excluding hydrogens is 348 g/mol. The van der Waals surface area contributed by atoms with Gasteiger partial charge in [0.05, 0.1) is 16.8 Å². The zero-order chi connectivity index (χ0) is 14.5. The molecule has 0 aliphatic heterocycles. The first kappa shape index (κ1) is 16.7. The second-order valence-corrected chi connectivity index (χ2v) is 5.01. The molecule has 0 aliphatic carbocycles. The molecule has 0 saturated heterocycles. The first-order valence-electron chi connectivity index (χ1n) is 5.68. The molecule has 0 bridgehead atoms. The summed E-state index contributed by atoms with van der Waals surface area (Å²) >= 11 is 9.21. The highest BCUT2D eigenvalue weighted by molar-refractivity contribution is 9.10. The molecule has 1 heterocycles. The summed E-state index contributed by atoms with van der Waals surface area (Å²) in [5.41, 5.74) is 0.758. The first-order chi connectivity index (χ1) is 8.83. The lowest BCUT2D eigenvalue weighted by molar-refractivity contribution is -0.173. The molecule has 0 aliphatic rings. The SMILES string of the molecule is CCCc1nc(CCOCC(F)(F)F)nc(Cl)c1Br. The van der Waals surface area contributed by atoms with Crippen LogP contribution in [0.5, 0.6) is 0 Å². The van der Waals surface area contributed by atoms with Crippen LogP contribution in [-0.2, 0) is 17.6 Å². The topological polar surface area (TPSA) is 35.0 Å². The maximum Gasteiger partial charge on any atom is 0.411 e. The monoisotopic (exact) mass is 360 g/mol. The van der Waals surface area contributed by atoms with Crippen LogP contribution in [-0.4, -0.2) is 29.4 Å². The molecule has 0 amide bonds. The van der Waals surface area contributed by atoms with Crippen molar-refractivity contribution in [3.05, 3.63) is 21.1 Å². The number of nitrogens with zero attached hydrogens (tertiary/aromatic N) is 2. The van der Waals surface area contributed by atoms with Crippen LogP contribution < -0.4 is 0 Å². The van der Waals surface area contributed by atoms with E-state index in [4.69, 9.17) is 11.6 Å². The van der Waals surface area contributed by atoms with Crippen LogP contribution in [0.2, 0.25) is 5.15 Å². The molecule has 1 aromatic rings. The maximum absolute atomic E-state index is 11.9. The minimum atomic E-state index is -4.31. The molecule has 0 saturated carbocycles. The maximum atomic E-state index is 11.9. The van der Waals surface area contributed by atoms with Gasteiger partial charge in [-0.15, -0.1) is 0 Å². The molecular formula is C11H13BrClF3N2O. The zero-order valence-electron chi connectivity index (χ0n) is 10.2. The summed E-state index contributed by atoms with van der Waals surface area (Å²) in [5, 5.41) is 0.268. The number of halogens is 5. The van der Waals surface area contributed by atoms with Crippen molar-refractivity contribution in [3.63, 3.8) is 0 Å².